The molecule has 1 N–H and O–H groups in total. The molecule has 0 amide bonds. The van der Waals surface area contributed by atoms with Gasteiger partial charge in [-0.25, -0.2) is 4.99 Å². The van der Waals surface area contributed by atoms with E-state index in [1.807, 2.05) is 6.07 Å². The predicted octanol–water partition coefficient (Wildman–Crippen LogP) is 2.94. The van der Waals surface area contributed by atoms with Crippen molar-refractivity contribution in [1.82, 2.24) is 15.1 Å². The van der Waals surface area contributed by atoms with Crippen LogP contribution in [0.4, 0.5) is 0 Å². The molecule has 1 aromatic carbocycles. The number of morpholine rings is 1. The molecule has 0 bridgehead atoms. The summed E-state index contributed by atoms with van der Waals surface area (Å²) in [6.45, 7) is 9.73. The van der Waals surface area contributed by atoms with Gasteiger partial charge in [-0.15, -0.1) is 24.0 Å². The molecule has 0 saturated carbocycles. The Morgan fingerprint density at radius 2 is 2.12 bits per heavy atom. The van der Waals surface area contributed by atoms with Gasteiger partial charge in [-0.3, -0.25) is 4.90 Å². The molecule has 140 valence electrons. The number of ether oxygens (including phenoxy) is 1. The van der Waals surface area contributed by atoms with Crippen LogP contribution >= 0.6 is 39.9 Å². The smallest absolute Gasteiger partial charge is 0.194 e. The summed E-state index contributed by atoms with van der Waals surface area (Å²) in [5.74, 6) is 1.04. The Kier molecular flexibility index (Phi) is 8.95. The number of hydrogen-bond donors (Lipinski definition) is 1. The Morgan fingerprint density at radius 3 is 2.84 bits per heavy atom. The van der Waals surface area contributed by atoms with Crippen molar-refractivity contribution in [1.29, 1.82) is 0 Å². The number of likely N-dealkylation sites (tertiary alicyclic amines) is 1. The average Bonchev–Trinajstić information content (AvgIpc) is 3.09. The zero-order valence-electron chi connectivity index (χ0n) is 14.8. The van der Waals surface area contributed by atoms with Gasteiger partial charge >= 0.3 is 0 Å². The summed E-state index contributed by atoms with van der Waals surface area (Å²) in [6.07, 6.45) is 1.21. The van der Waals surface area contributed by atoms with Gasteiger partial charge in [-0.05, 0) is 31.0 Å². The number of nitrogens with zero attached hydrogens (tertiary/aromatic N) is 3. The van der Waals surface area contributed by atoms with Crippen LogP contribution in [-0.2, 0) is 11.3 Å². The summed E-state index contributed by atoms with van der Waals surface area (Å²) in [4.78, 5) is 9.83. The van der Waals surface area contributed by atoms with Gasteiger partial charge in [-0.1, -0.05) is 28.1 Å². The van der Waals surface area contributed by atoms with Crippen molar-refractivity contribution in [3.63, 3.8) is 0 Å². The van der Waals surface area contributed by atoms with Gasteiger partial charge in [0.05, 0.1) is 19.8 Å². The first-order chi connectivity index (χ1) is 11.8. The van der Waals surface area contributed by atoms with Crippen LogP contribution in [0.5, 0.6) is 0 Å². The van der Waals surface area contributed by atoms with Crippen molar-refractivity contribution < 1.29 is 4.74 Å². The number of benzene rings is 1. The summed E-state index contributed by atoms with van der Waals surface area (Å²) < 4.78 is 6.58. The third-order valence-corrected chi connectivity index (χ3v) is 5.15. The molecular formula is C18H28BrIN4O. The fourth-order valence-electron chi connectivity index (χ4n) is 3.40. The lowest BCUT2D eigenvalue weighted by atomic mass is 10.2. The van der Waals surface area contributed by atoms with Crippen molar-refractivity contribution in [3.05, 3.63) is 34.3 Å². The van der Waals surface area contributed by atoms with Crippen LogP contribution in [-0.4, -0.2) is 67.7 Å². The van der Waals surface area contributed by atoms with Crippen LogP contribution in [0.15, 0.2) is 33.7 Å². The summed E-state index contributed by atoms with van der Waals surface area (Å²) >= 11 is 3.53. The Labute approximate surface area is 176 Å². The van der Waals surface area contributed by atoms with E-state index in [1.165, 1.54) is 12.0 Å². The van der Waals surface area contributed by atoms with E-state index in [0.717, 1.165) is 56.4 Å². The van der Waals surface area contributed by atoms with Crippen molar-refractivity contribution in [3.8, 4) is 0 Å². The van der Waals surface area contributed by atoms with Crippen LogP contribution < -0.4 is 5.32 Å². The lowest BCUT2D eigenvalue weighted by Gasteiger charge is -2.32. The molecule has 0 aromatic heterocycles. The number of rotatable bonds is 4. The second-order valence-corrected chi connectivity index (χ2v) is 7.25. The minimum Gasteiger partial charge on any atom is -0.379 e. The van der Waals surface area contributed by atoms with Crippen LogP contribution in [0.2, 0.25) is 0 Å². The minimum absolute atomic E-state index is 0. The minimum atomic E-state index is 0. The van der Waals surface area contributed by atoms with Gasteiger partial charge < -0.3 is 15.0 Å². The average molecular weight is 523 g/mol. The lowest BCUT2D eigenvalue weighted by Crippen LogP contribution is -2.46. The van der Waals surface area contributed by atoms with E-state index in [9.17, 15) is 0 Å². The van der Waals surface area contributed by atoms with Crippen molar-refractivity contribution in [2.45, 2.75) is 25.9 Å². The fraction of sp³-hybridized carbons (Fsp3) is 0.611. The number of halogens is 2. The van der Waals surface area contributed by atoms with Gasteiger partial charge in [0, 0.05) is 43.2 Å². The highest BCUT2D eigenvalue weighted by molar-refractivity contribution is 14.0. The SMILES string of the molecule is CCNC(=NCc1cccc(Br)c1)N1CCC(N2CCOCC2)C1.I. The molecular weight excluding hydrogens is 495 g/mol. The van der Waals surface area contributed by atoms with Gasteiger partial charge in [-0.2, -0.15) is 0 Å². The van der Waals surface area contributed by atoms with E-state index < -0.39 is 0 Å². The van der Waals surface area contributed by atoms with Crippen molar-refractivity contribution in [2.24, 2.45) is 4.99 Å². The van der Waals surface area contributed by atoms with Gasteiger partial charge in [0.2, 0.25) is 0 Å². The molecule has 5 nitrogen and oxygen atoms in total. The Hall–Kier alpha value is -0.380. The molecule has 2 heterocycles. The highest BCUT2D eigenvalue weighted by Gasteiger charge is 2.30. The third kappa shape index (κ3) is 6.08. The summed E-state index contributed by atoms with van der Waals surface area (Å²) in [5, 5.41) is 3.45. The van der Waals surface area contributed by atoms with Crippen molar-refractivity contribution in [2.75, 3.05) is 45.9 Å². The quantitative estimate of drug-likeness (QED) is 0.375. The number of aliphatic imine (C=N–C) groups is 1. The molecule has 2 aliphatic heterocycles. The monoisotopic (exact) mass is 522 g/mol. The fourth-order valence-corrected chi connectivity index (χ4v) is 3.85. The Balaban J connectivity index is 0.00000225. The lowest BCUT2D eigenvalue weighted by molar-refractivity contribution is 0.0195. The van der Waals surface area contributed by atoms with E-state index in [4.69, 9.17) is 9.73 Å². The highest BCUT2D eigenvalue weighted by Crippen LogP contribution is 2.18. The number of nitrogens with one attached hydrogen (secondary N) is 1. The molecule has 1 unspecified atom stereocenters. The second kappa shape index (κ2) is 10.7. The van der Waals surface area contributed by atoms with Crippen LogP contribution in [0.1, 0.15) is 18.9 Å². The van der Waals surface area contributed by atoms with Crippen LogP contribution in [0, 0.1) is 0 Å². The highest BCUT2D eigenvalue weighted by atomic mass is 127. The van der Waals surface area contributed by atoms with Crippen LogP contribution in [0.25, 0.3) is 0 Å². The van der Waals surface area contributed by atoms with E-state index in [1.54, 1.807) is 0 Å². The van der Waals surface area contributed by atoms with E-state index in [0.29, 0.717) is 12.6 Å². The zero-order valence-corrected chi connectivity index (χ0v) is 18.7. The summed E-state index contributed by atoms with van der Waals surface area (Å²) in [6, 6.07) is 8.99. The van der Waals surface area contributed by atoms with Gasteiger partial charge in [0.1, 0.15) is 0 Å². The van der Waals surface area contributed by atoms with Crippen molar-refractivity contribution >= 4 is 45.9 Å². The predicted molar refractivity (Wildman–Crippen MR) is 117 cm³/mol. The first-order valence-corrected chi connectivity index (χ1v) is 9.65. The standard InChI is InChI=1S/C18H27BrN4O.HI/c1-2-20-18(21-13-15-4-3-5-16(19)12-15)23-7-6-17(14-23)22-8-10-24-11-9-22;/h3-5,12,17H,2,6-11,13-14H2,1H3,(H,20,21);1H. The summed E-state index contributed by atoms with van der Waals surface area (Å²) in [5.41, 5.74) is 1.23. The first kappa shape index (κ1) is 20.9. The molecule has 7 heteroatoms. The maximum Gasteiger partial charge on any atom is 0.194 e. The molecule has 0 aliphatic carbocycles. The number of guanidine groups is 1. The maximum absolute atomic E-state index is 5.47. The second-order valence-electron chi connectivity index (χ2n) is 6.34. The normalized spacial score (nSPS) is 21.9. The summed E-state index contributed by atoms with van der Waals surface area (Å²) in [7, 11) is 0. The van der Waals surface area contributed by atoms with E-state index >= 15 is 0 Å². The van der Waals surface area contributed by atoms with E-state index in [2.05, 4.69) is 56.2 Å². The van der Waals surface area contributed by atoms with Gasteiger partial charge in [0.25, 0.3) is 0 Å². The largest absolute Gasteiger partial charge is 0.379 e. The molecule has 1 aromatic rings. The third-order valence-electron chi connectivity index (χ3n) is 4.66. The maximum atomic E-state index is 5.47. The molecule has 2 saturated heterocycles. The van der Waals surface area contributed by atoms with Gasteiger partial charge in [0.15, 0.2) is 5.96 Å². The topological polar surface area (TPSA) is 40.1 Å². The van der Waals surface area contributed by atoms with Crippen LogP contribution in [0.3, 0.4) is 0 Å². The Bertz CT molecular complexity index is 566. The first-order valence-electron chi connectivity index (χ1n) is 8.85. The number of hydrogen-bond acceptors (Lipinski definition) is 3. The molecule has 3 rings (SSSR count). The molecule has 25 heavy (non-hydrogen) atoms. The molecule has 2 aliphatic rings. The molecule has 1 atom stereocenters. The zero-order chi connectivity index (χ0) is 16.8. The molecule has 2 fully saturated rings. The molecule has 0 spiro atoms. The van der Waals surface area contributed by atoms with E-state index in [-0.39, 0.29) is 24.0 Å². The molecule has 0 radical (unpaired) electrons. The Morgan fingerprint density at radius 1 is 1.32 bits per heavy atom.